The second-order valence-corrected chi connectivity index (χ2v) is 17.5. The predicted molar refractivity (Wildman–Crippen MR) is 275 cm³/mol. The number of benzene rings is 13. The van der Waals surface area contributed by atoms with Crippen molar-refractivity contribution in [1.82, 2.24) is 0 Å². The zero-order chi connectivity index (χ0) is 41.9. The lowest BCUT2D eigenvalue weighted by Gasteiger charge is -2.07. The highest BCUT2D eigenvalue weighted by Crippen LogP contribution is 2.52. The van der Waals surface area contributed by atoms with Crippen LogP contribution in [0.5, 0.6) is 0 Å². The second kappa shape index (κ2) is 13.6. The van der Waals surface area contributed by atoms with E-state index in [4.69, 9.17) is 0 Å². The van der Waals surface area contributed by atoms with Gasteiger partial charge in [0.25, 0.3) is 0 Å². The molecule has 0 saturated carbocycles. The lowest BCUT2D eigenvalue weighted by Crippen LogP contribution is -1.80. The minimum Gasteiger partial charge on any atom is -0.0616 e. The third-order valence-corrected chi connectivity index (χ3v) is 14.1. The molecule has 294 valence electrons. The Morgan fingerprint density at radius 1 is 0.141 bits per heavy atom. The van der Waals surface area contributed by atoms with Gasteiger partial charge in [-0.1, -0.05) is 194 Å². The van der Waals surface area contributed by atoms with Crippen molar-refractivity contribution < 1.29 is 0 Å². The van der Waals surface area contributed by atoms with Crippen LogP contribution in [-0.2, 0) is 0 Å². The first-order chi connectivity index (χ1) is 31.7. The van der Waals surface area contributed by atoms with Gasteiger partial charge in [-0.15, -0.1) is 0 Å². The molecular weight excluding hydrogens is 769 g/mol. The fourth-order valence-corrected chi connectivity index (χ4v) is 11.3. The van der Waals surface area contributed by atoms with Gasteiger partial charge in [0.1, 0.15) is 0 Å². The molecule has 64 heavy (non-hydrogen) atoms. The van der Waals surface area contributed by atoms with Gasteiger partial charge >= 0.3 is 0 Å². The van der Waals surface area contributed by atoms with E-state index in [1.165, 1.54) is 142 Å². The van der Waals surface area contributed by atoms with Crippen molar-refractivity contribution in [3.8, 4) is 66.8 Å². The van der Waals surface area contributed by atoms with Crippen molar-refractivity contribution in [2.24, 2.45) is 0 Å². The molecule has 13 aromatic rings. The van der Waals surface area contributed by atoms with E-state index in [0.29, 0.717) is 0 Å². The Bertz CT molecular complexity index is 4050. The Kier molecular flexibility index (Phi) is 7.49. The molecular formula is C64H38. The molecule has 3 aliphatic carbocycles. The molecule has 0 radical (unpaired) electrons. The minimum absolute atomic E-state index is 1.31. The smallest absolute Gasteiger partial charge is 0.00199 e. The van der Waals surface area contributed by atoms with Gasteiger partial charge in [-0.3, -0.25) is 0 Å². The van der Waals surface area contributed by atoms with E-state index >= 15 is 0 Å². The summed E-state index contributed by atoms with van der Waals surface area (Å²) in [7, 11) is 0. The Balaban J connectivity index is 0.0000000932. The summed E-state index contributed by atoms with van der Waals surface area (Å²) in [5, 5.41) is 18.9. The van der Waals surface area contributed by atoms with E-state index in [9.17, 15) is 0 Å². The average Bonchev–Trinajstić information content (AvgIpc) is 3.97. The highest BCUT2D eigenvalue weighted by atomic mass is 14.3. The van der Waals surface area contributed by atoms with Crippen molar-refractivity contribution in [2.75, 3.05) is 0 Å². The highest BCUT2D eigenvalue weighted by Gasteiger charge is 2.25. The molecule has 0 heteroatoms. The molecule has 0 aromatic heterocycles. The van der Waals surface area contributed by atoms with Crippen LogP contribution in [0.4, 0.5) is 0 Å². The van der Waals surface area contributed by atoms with Gasteiger partial charge in [0.05, 0.1) is 0 Å². The molecule has 0 fully saturated rings. The zero-order valence-corrected chi connectivity index (χ0v) is 34.9. The van der Waals surface area contributed by atoms with E-state index in [1.54, 1.807) is 0 Å². The van der Waals surface area contributed by atoms with E-state index in [2.05, 4.69) is 231 Å². The van der Waals surface area contributed by atoms with E-state index in [1.807, 2.05) is 0 Å². The molecule has 0 atom stereocenters. The number of hydrogen-bond donors (Lipinski definition) is 0. The maximum Gasteiger partial charge on any atom is -0.00199 e. The lowest BCUT2D eigenvalue weighted by molar-refractivity contribution is 1.70. The summed E-state index contributed by atoms with van der Waals surface area (Å²) < 4.78 is 0. The van der Waals surface area contributed by atoms with E-state index < -0.39 is 0 Å². The van der Waals surface area contributed by atoms with Crippen LogP contribution in [0, 0.1) is 0 Å². The molecule has 0 spiro atoms. The van der Waals surface area contributed by atoms with Gasteiger partial charge in [0.2, 0.25) is 0 Å². The first-order valence-corrected chi connectivity index (χ1v) is 22.3. The van der Waals surface area contributed by atoms with Crippen molar-refractivity contribution in [2.45, 2.75) is 0 Å². The van der Waals surface area contributed by atoms with Gasteiger partial charge in [-0.05, 0) is 179 Å². The number of rotatable bonds is 0. The summed E-state index contributed by atoms with van der Waals surface area (Å²) in [6.45, 7) is 0. The summed E-state index contributed by atoms with van der Waals surface area (Å²) in [4.78, 5) is 0. The molecule has 0 bridgehead atoms. The Labute approximate surface area is 370 Å². The number of hydrogen-bond acceptors (Lipinski definition) is 0. The third kappa shape index (κ3) is 5.11. The highest BCUT2D eigenvalue weighted by molar-refractivity contribution is 6.25. The van der Waals surface area contributed by atoms with Crippen LogP contribution >= 0.6 is 0 Å². The van der Waals surface area contributed by atoms with Crippen molar-refractivity contribution >= 4 is 75.4 Å². The van der Waals surface area contributed by atoms with Gasteiger partial charge in [0.15, 0.2) is 0 Å². The topological polar surface area (TPSA) is 0 Å². The van der Waals surface area contributed by atoms with Gasteiger partial charge in [-0.2, -0.15) is 0 Å². The molecule has 0 N–H and O–H groups in total. The van der Waals surface area contributed by atoms with E-state index in [0.717, 1.165) is 0 Å². The van der Waals surface area contributed by atoms with Crippen LogP contribution in [-0.4, -0.2) is 0 Å². The summed E-state index contributed by atoms with van der Waals surface area (Å²) in [5.74, 6) is 0. The Morgan fingerprint density at radius 3 is 0.875 bits per heavy atom. The maximum absolute atomic E-state index is 2.36. The molecule has 3 aliphatic rings. The van der Waals surface area contributed by atoms with Crippen LogP contribution in [0.15, 0.2) is 231 Å². The van der Waals surface area contributed by atoms with Crippen LogP contribution < -0.4 is 0 Å². The van der Waals surface area contributed by atoms with Gasteiger partial charge in [-0.25, -0.2) is 0 Å². The molecule has 0 aliphatic heterocycles. The van der Waals surface area contributed by atoms with Crippen LogP contribution in [0.1, 0.15) is 0 Å². The average molecular weight is 807 g/mol. The van der Waals surface area contributed by atoms with Crippen molar-refractivity contribution in [1.29, 1.82) is 0 Å². The molecule has 0 heterocycles. The fraction of sp³-hybridized carbons (Fsp3) is 0. The van der Waals surface area contributed by atoms with Crippen molar-refractivity contribution in [3.05, 3.63) is 231 Å². The maximum atomic E-state index is 2.36. The monoisotopic (exact) mass is 806 g/mol. The summed E-state index contributed by atoms with van der Waals surface area (Å²) in [6, 6.07) is 84.0. The molecule has 0 unspecified atom stereocenters. The molecule has 0 amide bonds. The van der Waals surface area contributed by atoms with E-state index in [-0.39, 0.29) is 0 Å². The third-order valence-electron chi connectivity index (χ3n) is 14.1. The largest absolute Gasteiger partial charge is 0.0616 e. The minimum atomic E-state index is 1.31. The normalized spacial score (nSPS) is 12.1. The lowest BCUT2D eigenvalue weighted by atomic mass is 9.96. The molecule has 0 nitrogen and oxygen atoms in total. The first kappa shape index (κ1) is 35.3. The second-order valence-electron chi connectivity index (χ2n) is 17.5. The summed E-state index contributed by atoms with van der Waals surface area (Å²) >= 11 is 0. The summed E-state index contributed by atoms with van der Waals surface area (Å²) in [5.41, 5.74) is 16.4. The Hall–Kier alpha value is -8.32. The Morgan fingerprint density at radius 2 is 0.406 bits per heavy atom. The van der Waals surface area contributed by atoms with Crippen LogP contribution in [0.3, 0.4) is 0 Å². The number of fused-ring (bicyclic) bond motifs is 15. The SMILES string of the molecule is c1ccc2c(c1)-c1cccc3c1c-2cc1ccccc13.c1ccc2cc3c(cc2c1)-c1cccc2c1c-3cc1ccccc12.c1ccc2cc3c(cc2c1)-c1cccc2cccc-3c12. The standard InChI is InChI=1S/C24H14.2C20H12/c1-2-7-16-13-22-21(12-15(16)6-1)20-11-5-10-19-18-9-4-3-8-17(18)14-23(22)24(19)20;1-2-6-15-12-19-17-10-4-8-13-7-3-9-16(20(13)17)18(19)11-14(15)5-1;1-2-7-14-13(6-1)12-19-16-9-4-3-8-15(16)18-11-5-10-17(14)20(18)19/h1-14H;2*1-12H. The van der Waals surface area contributed by atoms with Crippen LogP contribution in [0.2, 0.25) is 0 Å². The van der Waals surface area contributed by atoms with Crippen molar-refractivity contribution in [3.63, 3.8) is 0 Å². The molecule has 13 aromatic carbocycles. The fourth-order valence-electron chi connectivity index (χ4n) is 11.3. The molecule has 0 saturated heterocycles. The van der Waals surface area contributed by atoms with Crippen LogP contribution in [0.25, 0.3) is 142 Å². The van der Waals surface area contributed by atoms with Gasteiger partial charge < -0.3 is 0 Å². The van der Waals surface area contributed by atoms with Gasteiger partial charge in [0, 0.05) is 0 Å². The summed E-state index contributed by atoms with van der Waals surface area (Å²) in [6.07, 6.45) is 0. The molecule has 16 rings (SSSR count). The quantitative estimate of drug-likeness (QED) is 0.134. The first-order valence-electron chi connectivity index (χ1n) is 22.3. The zero-order valence-electron chi connectivity index (χ0n) is 34.9. The predicted octanol–water partition coefficient (Wildman–Crippen LogP) is 18.1.